The van der Waals surface area contributed by atoms with E-state index in [0.717, 1.165) is 30.1 Å². The summed E-state index contributed by atoms with van der Waals surface area (Å²) in [6.45, 7) is 7.31. The fourth-order valence-electron chi connectivity index (χ4n) is 6.15. The summed E-state index contributed by atoms with van der Waals surface area (Å²) in [5, 5.41) is 9.79. The Balaban J connectivity index is 1.66. The average molecular weight is 310 g/mol. The molecule has 1 fully saturated rings. The number of hydrogen-bond acceptors (Lipinski definition) is 1. The van der Waals surface area contributed by atoms with Crippen molar-refractivity contribution in [2.75, 3.05) is 0 Å². The minimum atomic E-state index is 0.435. The van der Waals surface area contributed by atoms with E-state index in [4.69, 9.17) is 0 Å². The molecule has 1 heteroatoms. The molecule has 0 aromatic heterocycles. The summed E-state index contributed by atoms with van der Waals surface area (Å²) in [4.78, 5) is 0. The number of aromatic hydroxyl groups is 1. The number of fused-ring (bicyclic) bond motifs is 5. The van der Waals surface area contributed by atoms with Crippen LogP contribution in [-0.4, -0.2) is 5.11 Å². The normalized spacial score (nSPS) is 36.7. The molecule has 124 valence electrons. The van der Waals surface area contributed by atoms with Crippen LogP contribution in [0.15, 0.2) is 29.8 Å². The van der Waals surface area contributed by atoms with E-state index in [-0.39, 0.29) is 0 Å². The summed E-state index contributed by atoms with van der Waals surface area (Å²) >= 11 is 0. The molecule has 0 bridgehead atoms. The van der Waals surface area contributed by atoms with Crippen molar-refractivity contribution in [1.82, 2.24) is 0 Å². The van der Waals surface area contributed by atoms with Crippen LogP contribution in [-0.2, 0) is 6.42 Å². The number of phenols is 1. The number of benzene rings is 1. The Bertz CT molecular complexity index is 643. The largest absolute Gasteiger partial charge is 0.508 e. The third kappa shape index (κ3) is 2.19. The predicted octanol–water partition coefficient (Wildman–Crippen LogP) is 5.83. The maximum atomic E-state index is 9.79. The molecule has 1 N–H and O–H groups in total. The van der Waals surface area contributed by atoms with Gasteiger partial charge in [0.2, 0.25) is 0 Å². The van der Waals surface area contributed by atoms with Gasteiger partial charge in [0.05, 0.1) is 0 Å². The van der Waals surface area contributed by atoms with E-state index in [1.165, 1.54) is 43.2 Å². The van der Waals surface area contributed by atoms with E-state index in [9.17, 15) is 5.11 Å². The quantitative estimate of drug-likeness (QED) is 0.681. The van der Waals surface area contributed by atoms with E-state index in [1.807, 2.05) is 12.1 Å². The van der Waals surface area contributed by atoms with Crippen LogP contribution in [0.4, 0.5) is 0 Å². The van der Waals surface area contributed by atoms with Gasteiger partial charge in [-0.15, -0.1) is 0 Å². The molecule has 1 aromatic rings. The van der Waals surface area contributed by atoms with Gasteiger partial charge in [-0.3, -0.25) is 0 Å². The SMILES string of the molecule is CC[C@H](C)C1=CC[C@H]2[C@@H]3CCc4cc(O)ccc4[C@H]3CC[C@]12C. The van der Waals surface area contributed by atoms with Gasteiger partial charge in [0.1, 0.15) is 5.75 Å². The minimum absolute atomic E-state index is 0.435. The van der Waals surface area contributed by atoms with Crippen molar-refractivity contribution in [2.24, 2.45) is 23.2 Å². The monoisotopic (exact) mass is 310 g/mol. The average Bonchev–Trinajstić information content (AvgIpc) is 2.90. The van der Waals surface area contributed by atoms with Crippen LogP contribution in [0.3, 0.4) is 0 Å². The Morgan fingerprint density at radius 1 is 1.30 bits per heavy atom. The van der Waals surface area contributed by atoms with Gasteiger partial charge in [-0.25, -0.2) is 0 Å². The fraction of sp³-hybridized carbons (Fsp3) is 0.636. The first-order valence-electron chi connectivity index (χ1n) is 9.57. The van der Waals surface area contributed by atoms with Gasteiger partial charge in [0, 0.05) is 0 Å². The van der Waals surface area contributed by atoms with Gasteiger partial charge in [-0.2, -0.15) is 0 Å². The molecule has 1 saturated carbocycles. The molecule has 3 aliphatic rings. The lowest BCUT2D eigenvalue weighted by Gasteiger charge is -2.51. The molecule has 0 spiro atoms. The molecule has 3 aliphatic carbocycles. The number of phenolic OH excluding ortho intramolecular Hbond substituents is 1. The van der Waals surface area contributed by atoms with Gasteiger partial charge in [0.25, 0.3) is 0 Å². The molecule has 4 rings (SSSR count). The first-order chi connectivity index (χ1) is 11.0. The second-order valence-electron chi connectivity index (χ2n) is 8.46. The van der Waals surface area contributed by atoms with Gasteiger partial charge >= 0.3 is 0 Å². The van der Waals surface area contributed by atoms with Crippen molar-refractivity contribution in [3.63, 3.8) is 0 Å². The van der Waals surface area contributed by atoms with Crippen molar-refractivity contribution in [1.29, 1.82) is 0 Å². The lowest BCUT2D eigenvalue weighted by atomic mass is 9.53. The van der Waals surface area contributed by atoms with E-state index in [1.54, 1.807) is 5.57 Å². The first kappa shape index (κ1) is 15.3. The minimum Gasteiger partial charge on any atom is -0.508 e. The Morgan fingerprint density at radius 3 is 2.91 bits per heavy atom. The fourth-order valence-corrected chi connectivity index (χ4v) is 6.15. The maximum absolute atomic E-state index is 9.79. The molecular formula is C22H30O. The van der Waals surface area contributed by atoms with E-state index in [2.05, 4.69) is 32.9 Å². The zero-order valence-electron chi connectivity index (χ0n) is 14.8. The molecule has 0 heterocycles. The van der Waals surface area contributed by atoms with Crippen molar-refractivity contribution >= 4 is 0 Å². The molecule has 0 aliphatic heterocycles. The van der Waals surface area contributed by atoms with Crippen LogP contribution in [0, 0.1) is 23.2 Å². The third-order valence-electron chi connectivity index (χ3n) is 7.49. The van der Waals surface area contributed by atoms with Gasteiger partial charge < -0.3 is 5.11 Å². The van der Waals surface area contributed by atoms with Crippen LogP contribution < -0.4 is 0 Å². The second-order valence-corrected chi connectivity index (χ2v) is 8.46. The molecular weight excluding hydrogens is 280 g/mol. The highest BCUT2D eigenvalue weighted by molar-refractivity contribution is 5.41. The number of allylic oxidation sites excluding steroid dienone is 2. The van der Waals surface area contributed by atoms with E-state index in [0.29, 0.717) is 11.2 Å². The van der Waals surface area contributed by atoms with Crippen LogP contribution in [0.25, 0.3) is 0 Å². The lowest BCUT2D eigenvalue weighted by Crippen LogP contribution is -2.42. The highest BCUT2D eigenvalue weighted by Crippen LogP contribution is 2.62. The second kappa shape index (κ2) is 5.40. The number of rotatable bonds is 2. The van der Waals surface area contributed by atoms with Gasteiger partial charge in [-0.05, 0) is 90.9 Å². The van der Waals surface area contributed by atoms with Crippen molar-refractivity contribution < 1.29 is 5.11 Å². The zero-order chi connectivity index (χ0) is 16.2. The summed E-state index contributed by atoms with van der Waals surface area (Å²) in [6, 6.07) is 6.12. The van der Waals surface area contributed by atoms with E-state index >= 15 is 0 Å². The summed E-state index contributed by atoms with van der Waals surface area (Å²) in [7, 11) is 0. The molecule has 1 aromatic carbocycles. The third-order valence-corrected chi connectivity index (χ3v) is 7.49. The van der Waals surface area contributed by atoms with Crippen molar-refractivity contribution in [2.45, 2.75) is 65.2 Å². The standard InChI is InChI=1S/C22H30O/c1-4-14(2)20-9-10-21-19-7-5-15-13-16(23)6-8-17(15)18(19)11-12-22(20,21)3/h6,8-9,13-14,18-19,21,23H,4-5,7,10-12H2,1-3H3/t14-,18+,19+,21-,22+/m0/s1. The Hall–Kier alpha value is -1.24. The van der Waals surface area contributed by atoms with Gasteiger partial charge in [-0.1, -0.05) is 38.5 Å². The summed E-state index contributed by atoms with van der Waals surface area (Å²) in [5.41, 5.74) is 5.16. The summed E-state index contributed by atoms with van der Waals surface area (Å²) in [5.74, 6) is 3.58. The zero-order valence-corrected chi connectivity index (χ0v) is 14.8. The number of hydrogen-bond donors (Lipinski definition) is 1. The van der Waals surface area contributed by atoms with Crippen LogP contribution in [0.2, 0.25) is 0 Å². The maximum Gasteiger partial charge on any atom is 0.115 e. The van der Waals surface area contributed by atoms with E-state index < -0.39 is 0 Å². The Morgan fingerprint density at radius 2 is 2.13 bits per heavy atom. The molecule has 1 nitrogen and oxygen atoms in total. The highest BCUT2D eigenvalue weighted by atomic mass is 16.3. The van der Waals surface area contributed by atoms with Crippen LogP contribution in [0.5, 0.6) is 5.75 Å². The molecule has 0 amide bonds. The lowest BCUT2D eigenvalue weighted by molar-refractivity contribution is 0.0690. The van der Waals surface area contributed by atoms with Gasteiger partial charge in [0.15, 0.2) is 0 Å². The summed E-state index contributed by atoms with van der Waals surface area (Å²) < 4.78 is 0. The molecule has 23 heavy (non-hydrogen) atoms. The van der Waals surface area contributed by atoms with Crippen LogP contribution >= 0.6 is 0 Å². The predicted molar refractivity (Wildman–Crippen MR) is 95.6 cm³/mol. The molecule has 5 atom stereocenters. The Kier molecular flexibility index (Phi) is 3.59. The molecule has 0 radical (unpaired) electrons. The Labute approximate surface area is 140 Å². The molecule has 0 saturated heterocycles. The summed E-state index contributed by atoms with van der Waals surface area (Å²) in [6.07, 6.45) is 10.3. The molecule has 0 unspecified atom stereocenters. The van der Waals surface area contributed by atoms with Crippen molar-refractivity contribution in [3.8, 4) is 5.75 Å². The van der Waals surface area contributed by atoms with Crippen LogP contribution in [0.1, 0.15) is 69.9 Å². The topological polar surface area (TPSA) is 20.2 Å². The smallest absolute Gasteiger partial charge is 0.115 e. The highest BCUT2D eigenvalue weighted by Gasteiger charge is 2.52. The van der Waals surface area contributed by atoms with Crippen molar-refractivity contribution in [3.05, 3.63) is 41.0 Å². The number of aryl methyl sites for hydroxylation is 1. The first-order valence-corrected chi connectivity index (χ1v) is 9.57.